The highest BCUT2D eigenvalue weighted by molar-refractivity contribution is 7.92. The fraction of sp³-hybridized carbons (Fsp3) is 0.429. The predicted molar refractivity (Wildman–Crippen MR) is 117 cm³/mol. The number of rotatable bonds is 5. The SMILES string of the molecule is CCOC(=O)c1c(NC(=O)c2ccc3c(c2)CCN3S(C)(=O)=O)sc2c1CCCC2. The normalized spacial score (nSPS) is 15.5. The summed E-state index contributed by atoms with van der Waals surface area (Å²) in [6, 6.07) is 5.02. The van der Waals surface area contributed by atoms with E-state index in [0.29, 0.717) is 34.8 Å². The molecule has 0 radical (unpaired) electrons. The zero-order valence-electron chi connectivity index (χ0n) is 17.0. The third-order valence-electron chi connectivity index (χ3n) is 5.47. The number of carbonyl (C=O) groups is 2. The van der Waals surface area contributed by atoms with Gasteiger partial charge in [-0.05, 0) is 68.4 Å². The first-order chi connectivity index (χ1) is 14.3. The Labute approximate surface area is 180 Å². The van der Waals surface area contributed by atoms with Crippen LogP contribution in [0.1, 0.15) is 56.5 Å². The van der Waals surface area contributed by atoms with Crippen LogP contribution in [0.5, 0.6) is 0 Å². The topological polar surface area (TPSA) is 92.8 Å². The second kappa shape index (κ2) is 8.03. The molecule has 30 heavy (non-hydrogen) atoms. The van der Waals surface area contributed by atoms with Crippen LogP contribution >= 0.6 is 11.3 Å². The number of benzene rings is 1. The number of hydrogen-bond donors (Lipinski definition) is 1. The lowest BCUT2D eigenvalue weighted by molar-refractivity contribution is 0.0526. The Balaban J connectivity index is 1.62. The highest BCUT2D eigenvalue weighted by Gasteiger charge is 2.29. The third-order valence-corrected chi connectivity index (χ3v) is 7.86. The van der Waals surface area contributed by atoms with Crippen LogP contribution < -0.4 is 9.62 Å². The van der Waals surface area contributed by atoms with E-state index in [1.165, 1.54) is 21.9 Å². The lowest BCUT2D eigenvalue weighted by Crippen LogP contribution is -2.27. The monoisotopic (exact) mass is 448 g/mol. The summed E-state index contributed by atoms with van der Waals surface area (Å²) in [7, 11) is -3.34. The minimum absolute atomic E-state index is 0.276. The number of anilines is 2. The number of thiophene rings is 1. The zero-order chi connectivity index (χ0) is 21.5. The molecule has 9 heteroatoms. The maximum atomic E-state index is 12.9. The van der Waals surface area contributed by atoms with Crippen LogP contribution in [-0.2, 0) is 34.0 Å². The first kappa shape index (κ1) is 20.9. The number of sulfonamides is 1. The van der Waals surface area contributed by atoms with Gasteiger partial charge in [0.05, 0.1) is 24.1 Å². The van der Waals surface area contributed by atoms with Crippen molar-refractivity contribution in [2.24, 2.45) is 0 Å². The van der Waals surface area contributed by atoms with E-state index in [0.717, 1.165) is 41.7 Å². The summed E-state index contributed by atoms with van der Waals surface area (Å²) in [5.41, 5.74) is 3.36. The predicted octanol–water partition coefficient (Wildman–Crippen LogP) is 3.38. The fourth-order valence-corrected chi connectivity index (χ4v) is 6.34. The average molecular weight is 449 g/mol. The first-order valence-corrected chi connectivity index (χ1v) is 12.7. The molecule has 1 N–H and O–H groups in total. The lowest BCUT2D eigenvalue weighted by Gasteiger charge is -2.16. The van der Waals surface area contributed by atoms with Gasteiger partial charge in [-0.15, -0.1) is 11.3 Å². The molecule has 0 spiro atoms. The smallest absolute Gasteiger partial charge is 0.341 e. The minimum atomic E-state index is -3.34. The van der Waals surface area contributed by atoms with E-state index in [-0.39, 0.29) is 12.5 Å². The van der Waals surface area contributed by atoms with Crippen LogP contribution in [-0.4, -0.2) is 39.7 Å². The van der Waals surface area contributed by atoms with Gasteiger partial charge in [-0.3, -0.25) is 9.10 Å². The average Bonchev–Trinajstić information content (AvgIpc) is 3.28. The lowest BCUT2D eigenvalue weighted by atomic mass is 9.95. The van der Waals surface area contributed by atoms with Gasteiger partial charge in [0.1, 0.15) is 5.00 Å². The van der Waals surface area contributed by atoms with E-state index in [4.69, 9.17) is 4.74 Å². The number of amides is 1. The maximum absolute atomic E-state index is 12.9. The Bertz CT molecular complexity index is 1120. The summed E-state index contributed by atoms with van der Waals surface area (Å²) in [5.74, 6) is -0.718. The molecule has 1 amide bonds. The largest absolute Gasteiger partial charge is 0.462 e. The summed E-state index contributed by atoms with van der Waals surface area (Å²) in [6.45, 7) is 2.42. The molecule has 1 aromatic heterocycles. The standard InChI is InChI=1S/C21H24N2O5S2/c1-3-28-21(25)18-15-6-4-5-7-17(15)29-20(18)22-19(24)14-8-9-16-13(12-14)10-11-23(16)30(2,26)27/h8-9,12H,3-7,10-11H2,1-2H3,(H,22,24). The van der Waals surface area contributed by atoms with E-state index >= 15 is 0 Å². The summed E-state index contributed by atoms with van der Waals surface area (Å²) < 4.78 is 30.4. The van der Waals surface area contributed by atoms with Gasteiger partial charge < -0.3 is 10.1 Å². The van der Waals surface area contributed by atoms with Gasteiger partial charge in [-0.2, -0.15) is 0 Å². The Morgan fingerprint density at radius 3 is 2.70 bits per heavy atom. The van der Waals surface area contributed by atoms with Crippen molar-refractivity contribution in [2.75, 3.05) is 29.0 Å². The van der Waals surface area contributed by atoms with E-state index in [1.54, 1.807) is 25.1 Å². The molecule has 0 bridgehead atoms. The van der Waals surface area contributed by atoms with E-state index in [9.17, 15) is 18.0 Å². The van der Waals surface area contributed by atoms with Crippen LogP contribution in [0.2, 0.25) is 0 Å². The number of nitrogens with zero attached hydrogens (tertiary/aromatic N) is 1. The maximum Gasteiger partial charge on any atom is 0.341 e. The van der Waals surface area contributed by atoms with Crippen molar-refractivity contribution in [3.05, 3.63) is 45.3 Å². The number of carbonyl (C=O) groups excluding carboxylic acids is 2. The number of nitrogens with one attached hydrogen (secondary N) is 1. The highest BCUT2D eigenvalue weighted by atomic mass is 32.2. The molecule has 0 unspecified atom stereocenters. The summed E-state index contributed by atoms with van der Waals surface area (Å²) in [4.78, 5) is 26.7. The van der Waals surface area contributed by atoms with E-state index in [2.05, 4.69) is 5.32 Å². The van der Waals surface area contributed by atoms with Crippen LogP contribution in [0.3, 0.4) is 0 Å². The molecule has 2 aliphatic rings. The van der Waals surface area contributed by atoms with Crippen molar-refractivity contribution >= 4 is 43.9 Å². The minimum Gasteiger partial charge on any atom is -0.462 e. The van der Waals surface area contributed by atoms with Crippen LogP contribution in [0, 0.1) is 0 Å². The molecule has 2 heterocycles. The van der Waals surface area contributed by atoms with Crippen molar-refractivity contribution in [1.29, 1.82) is 0 Å². The highest BCUT2D eigenvalue weighted by Crippen LogP contribution is 2.39. The summed E-state index contributed by atoms with van der Waals surface area (Å²) in [5, 5.41) is 3.43. The number of ether oxygens (including phenoxy) is 1. The van der Waals surface area contributed by atoms with Crippen molar-refractivity contribution in [3.63, 3.8) is 0 Å². The van der Waals surface area contributed by atoms with Gasteiger partial charge in [0.25, 0.3) is 5.91 Å². The second-order valence-electron chi connectivity index (χ2n) is 7.52. The number of esters is 1. The van der Waals surface area contributed by atoms with E-state index < -0.39 is 16.0 Å². The molecule has 160 valence electrons. The van der Waals surface area contributed by atoms with Crippen molar-refractivity contribution in [3.8, 4) is 0 Å². The van der Waals surface area contributed by atoms with Crippen molar-refractivity contribution < 1.29 is 22.7 Å². The molecule has 4 rings (SSSR count). The Kier molecular flexibility index (Phi) is 5.59. The second-order valence-corrected chi connectivity index (χ2v) is 10.5. The molecule has 2 aromatic rings. The van der Waals surface area contributed by atoms with E-state index in [1.807, 2.05) is 0 Å². The van der Waals surface area contributed by atoms with Gasteiger partial charge in [-0.1, -0.05) is 0 Å². The molecular formula is C21H24N2O5S2. The molecule has 0 atom stereocenters. The molecule has 1 aliphatic carbocycles. The molecule has 7 nitrogen and oxygen atoms in total. The van der Waals surface area contributed by atoms with Crippen LogP contribution in [0.15, 0.2) is 18.2 Å². The molecule has 0 fully saturated rings. The molecule has 0 saturated carbocycles. The van der Waals surface area contributed by atoms with Crippen molar-refractivity contribution in [2.45, 2.75) is 39.0 Å². The number of hydrogen-bond acceptors (Lipinski definition) is 6. The van der Waals surface area contributed by atoms with Gasteiger partial charge in [0.15, 0.2) is 0 Å². The van der Waals surface area contributed by atoms with Gasteiger partial charge in [0.2, 0.25) is 10.0 Å². The zero-order valence-corrected chi connectivity index (χ0v) is 18.6. The third kappa shape index (κ3) is 3.83. The molecule has 0 saturated heterocycles. The summed E-state index contributed by atoms with van der Waals surface area (Å²) >= 11 is 1.45. The molecular weight excluding hydrogens is 424 g/mol. The van der Waals surface area contributed by atoms with Crippen LogP contribution in [0.4, 0.5) is 10.7 Å². The summed E-state index contributed by atoms with van der Waals surface area (Å²) in [6.07, 6.45) is 5.55. The number of aryl methyl sites for hydroxylation is 1. The Hall–Kier alpha value is -2.39. The Morgan fingerprint density at radius 2 is 1.97 bits per heavy atom. The molecule has 1 aliphatic heterocycles. The fourth-order valence-electron chi connectivity index (χ4n) is 4.11. The first-order valence-electron chi connectivity index (χ1n) is 10.0. The van der Waals surface area contributed by atoms with Crippen molar-refractivity contribution in [1.82, 2.24) is 0 Å². The Morgan fingerprint density at radius 1 is 1.20 bits per heavy atom. The number of fused-ring (bicyclic) bond motifs is 2. The van der Waals surface area contributed by atoms with Gasteiger partial charge >= 0.3 is 5.97 Å². The van der Waals surface area contributed by atoms with Gasteiger partial charge in [-0.25, -0.2) is 13.2 Å². The quantitative estimate of drug-likeness (QED) is 0.708. The van der Waals surface area contributed by atoms with Gasteiger partial charge in [0, 0.05) is 17.0 Å². The molecule has 1 aromatic carbocycles. The van der Waals surface area contributed by atoms with Crippen LogP contribution in [0.25, 0.3) is 0 Å².